The highest BCUT2D eigenvalue weighted by Gasteiger charge is 2.18. The molecule has 1 aromatic carbocycles. The number of fused-ring (bicyclic) bond motifs is 2. The first-order valence-electron chi connectivity index (χ1n) is 9.16. The Hall–Kier alpha value is -2.19. The first kappa shape index (κ1) is 16.0. The van der Waals surface area contributed by atoms with E-state index in [0.717, 1.165) is 58.9 Å². The van der Waals surface area contributed by atoms with Crippen LogP contribution in [0.25, 0.3) is 4.96 Å². The lowest BCUT2D eigenvalue weighted by molar-refractivity contribution is 0.171. The van der Waals surface area contributed by atoms with Crippen molar-refractivity contribution in [2.45, 2.75) is 32.2 Å². The fraction of sp³-hybridized carbons (Fsp3) is 0.500. The van der Waals surface area contributed by atoms with E-state index in [4.69, 9.17) is 14.6 Å². The quantitative estimate of drug-likeness (QED) is 0.702. The van der Waals surface area contributed by atoms with Crippen LogP contribution in [0.3, 0.4) is 0 Å². The van der Waals surface area contributed by atoms with Gasteiger partial charge in [0.2, 0.25) is 4.96 Å². The van der Waals surface area contributed by atoms with Gasteiger partial charge in [-0.1, -0.05) is 23.8 Å². The zero-order chi connectivity index (χ0) is 17.3. The molecule has 0 unspecified atom stereocenters. The summed E-state index contributed by atoms with van der Waals surface area (Å²) < 4.78 is 13.2. The van der Waals surface area contributed by atoms with Gasteiger partial charge in [0.15, 0.2) is 17.3 Å². The molecule has 0 atom stereocenters. The number of aromatic nitrogens is 4. The van der Waals surface area contributed by atoms with Crippen molar-refractivity contribution in [2.75, 3.05) is 26.3 Å². The number of rotatable bonds is 4. The lowest BCUT2D eigenvalue weighted by Crippen LogP contribution is -2.30. The monoisotopic (exact) mass is 371 g/mol. The molecule has 0 bridgehead atoms. The zero-order valence-corrected chi connectivity index (χ0v) is 15.4. The Labute approximate surface area is 155 Å². The maximum Gasteiger partial charge on any atom is 0.234 e. The summed E-state index contributed by atoms with van der Waals surface area (Å²) in [5.41, 5.74) is 1.16. The molecule has 8 heteroatoms. The van der Waals surface area contributed by atoms with E-state index in [-0.39, 0.29) is 0 Å². The van der Waals surface area contributed by atoms with E-state index in [1.807, 2.05) is 16.6 Å². The van der Waals surface area contributed by atoms with Crippen molar-refractivity contribution in [1.82, 2.24) is 24.7 Å². The van der Waals surface area contributed by atoms with Gasteiger partial charge in [-0.2, -0.15) is 9.61 Å². The summed E-state index contributed by atoms with van der Waals surface area (Å²) in [6.07, 6.45) is 4.64. The molecule has 0 saturated carbocycles. The predicted octanol–water partition coefficient (Wildman–Crippen LogP) is 2.53. The highest BCUT2D eigenvalue weighted by molar-refractivity contribution is 7.16. The third-order valence-corrected chi connectivity index (χ3v) is 5.77. The third kappa shape index (κ3) is 3.14. The molecule has 0 amide bonds. The van der Waals surface area contributed by atoms with Crippen molar-refractivity contribution in [2.24, 2.45) is 0 Å². The van der Waals surface area contributed by atoms with Crippen LogP contribution in [0.2, 0.25) is 0 Å². The minimum Gasteiger partial charge on any atom is -0.486 e. The lowest BCUT2D eigenvalue weighted by Gasteiger charge is -2.25. The molecule has 0 radical (unpaired) electrons. The maximum absolute atomic E-state index is 5.67. The summed E-state index contributed by atoms with van der Waals surface area (Å²) >= 11 is 1.60. The largest absolute Gasteiger partial charge is 0.486 e. The van der Waals surface area contributed by atoms with Crippen LogP contribution >= 0.6 is 11.3 Å². The van der Waals surface area contributed by atoms with Crippen molar-refractivity contribution in [3.05, 3.63) is 34.6 Å². The van der Waals surface area contributed by atoms with Crippen LogP contribution in [0.5, 0.6) is 11.5 Å². The van der Waals surface area contributed by atoms with Gasteiger partial charge in [-0.25, -0.2) is 0 Å². The minimum atomic E-state index is 0.604. The molecule has 5 rings (SSSR count). The average molecular weight is 371 g/mol. The van der Waals surface area contributed by atoms with Crippen LogP contribution in [0.1, 0.15) is 35.7 Å². The molecule has 26 heavy (non-hydrogen) atoms. The Balaban J connectivity index is 1.35. The Morgan fingerprint density at radius 1 is 1.00 bits per heavy atom. The average Bonchev–Trinajstić information content (AvgIpc) is 3.24. The second-order valence-electron chi connectivity index (χ2n) is 6.80. The summed E-state index contributed by atoms with van der Waals surface area (Å²) in [7, 11) is 0. The summed E-state index contributed by atoms with van der Waals surface area (Å²) in [5.74, 6) is 2.58. The summed E-state index contributed by atoms with van der Waals surface area (Å²) in [6.45, 7) is 4.33. The first-order chi connectivity index (χ1) is 12.8. The molecule has 2 aromatic heterocycles. The smallest absolute Gasteiger partial charge is 0.234 e. The molecule has 4 heterocycles. The second-order valence-corrected chi connectivity index (χ2v) is 7.84. The number of benzene rings is 1. The molecular weight excluding hydrogens is 350 g/mol. The van der Waals surface area contributed by atoms with Crippen LogP contribution in [0.4, 0.5) is 0 Å². The van der Waals surface area contributed by atoms with Gasteiger partial charge in [0.25, 0.3) is 0 Å². The predicted molar refractivity (Wildman–Crippen MR) is 98.0 cm³/mol. The van der Waals surface area contributed by atoms with Crippen LogP contribution in [-0.2, 0) is 13.0 Å². The van der Waals surface area contributed by atoms with E-state index < -0.39 is 0 Å². The third-order valence-electron chi connectivity index (χ3n) is 4.87. The molecular formula is C18H21N5O2S. The van der Waals surface area contributed by atoms with Crippen molar-refractivity contribution in [3.8, 4) is 11.5 Å². The highest BCUT2D eigenvalue weighted by Crippen LogP contribution is 2.31. The SMILES string of the molecule is c1cc2c(cc1Cc1nn3c(CN4CCCCC4)nnc3s1)OCCO2. The molecule has 0 spiro atoms. The summed E-state index contributed by atoms with van der Waals surface area (Å²) in [6, 6.07) is 6.10. The van der Waals surface area contributed by atoms with Crippen molar-refractivity contribution in [1.29, 1.82) is 0 Å². The molecule has 1 fully saturated rings. The topological polar surface area (TPSA) is 64.8 Å². The van der Waals surface area contributed by atoms with Crippen LogP contribution in [-0.4, -0.2) is 51.0 Å². The summed E-state index contributed by atoms with van der Waals surface area (Å²) in [4.78, 5) is 3.31. The van der Waals surface area contributed by atoms with Crippen LogP contribution in [0, 0.1) is 0 Å². The Morgan fingerprint density at radius 3 is 2.73 bits per heavy atom. The van der Waals surface area contributed by atoms with Gasteiger partial charge in [-0.3, -0.25) is 4.90 Å². The Kier molecular flexibility index (Phi) is 4.22. The van der Waals surface area contributed by atoms with E-state index in [0.29, 0.717) is 13.2 Å². The lowest BCUT2D eigenvalue weighted by atomic mass is 10.1. The van der Waals surface area contributed by atoms with Gasteiger partial charge in [0.1, 0.15) is 18.2 Å². The number of piperidine rings is 1. The van der Waals surface area contributed by atoms with Gasteiger partial charge in [-0.15, -0.1) is 10.2 Å². The molecule has 0 aliphatic carbocycles. The van der Waals surface area contributed by atoms with Crippen LogP contribution < -0.4 is 9.47 Å². The molecule has 136 valence electrons. The van der Waals surface area contributed by atoms with E-state index in [2.05, 4.69) is 21.2 Å². The zero-order valence-electron chi connectivity index (χ0n) is 14.6. The standard InChI is InChI=1S/C18H21N5O2S/c1-2-6-22(7-3-1)12-16-19-20-18-23(16)21-17(26-18)11-13-4-5-14-15(10-13)25-9-8-24-14/h4-5,10H,1-3,6-9,11-12H2. The molecule has 3 aromatic rings. The molecule has 2 aliphatic rings. The number of nitrogens with zero attached hydrogens (tertiary/aromatic N) is 5. The molecule has 1 saturated heterocycles. The van der Waals surface area contributed by atoms with Gasteiger partial charge >= 0.3 is 0 Å². The Bertz CT molecular complexity index is 916. The number of likely N-dealkylation sites (tertiary alicyclic amines) is 1. The van der Waals surface area contributed by atoms with E-state index >= 15 is 0 Å². The van der Waals surface area contributed by atoms with Crippen molar-refractivity contribution in [3.63, 3.8) is 0 Å². The van der Waals surface area contributed by atoms with Crippen LogP contribution in [0.15, 0.2) is 18.2 Å². The molecule has 2 aliphatic heterocycles. The fourth-order valence-electron chi connectivity index (χ4n) is 3.56. The summed E-state index contributed by atoms with van der Waals surface area (Å²) in [5, 5.41) is 14.4. The number of hydrogen-bond donors (Lipinski definition) is 0. The second kappa shape index (κ2) is 6.85. The molecule has 7 nitrogen and oxygen atoms in total. The van der Waals surface area contributed by atoms with Gasteiger partial charge < -0.3 is 9.47 Å². The van der Waals surface area contributed by atoms with E-state index in [9.17, 15) is 0 Å². The van der Waals surface area contributed by atoms with Gasteiger partial charge in [-0.05, 0) is 43.6 Å². The highest BCUT2D eigenvalue weighted by atomic mass is 32.1. The van der Waals surface area contributed by atoms with E-state index in [1.165, 1.54) is 19.3 Å². The van der Waals surface area contributed by atoms with Crippen molar-refractivity contribution >= 4 is 16.3 Å². The fourth-order valence-corrected chi connectivity index (χ4v) is 4.44. The first-order valence-corrected chi connectivity index (χ1v) is 9.98. The van der Waals surface area contributed by atoms with Gasteiger partial charge in [0, 0.05) is 6.42 Å². The minimum absolute atomic E-state index is 0.604. The molecule has 0 N–H and O–H groups in total. The Morgan fingerprint density at radius 2 is 1.85 bits per heavy atom. The maximum atomic E-state index is 5.67. The van der Waals surface area contributed by atoms with Crippen molar-refractivity contribution < 1.29 is 9.47 Å². The number of hydrogen-bond acceptors (Lipinski definition) is 7. The van der Waals surface area contributed by atoms with Gasteiger partial charge in [0.05, 0.1) is 6.54 Å². The normalized spacial score (nSPS) is 17.7. The number of ether oxygens (including phenoxy) is 2. The van der Waals surface area contributed by atoms with E-state index in [1.54, 1.807) is 11.3 Å².